The number of nitrogens with two attached hydrogens (primary N) is 1. The summed E-state index contributed by atoms with van der Waals surface area (Å²) in [7, 11) is 0. The lowest BCUT2D eigenvalue weighted by molar-refractivity contribution is 0.491. The standard InChI is InChI=1S/C16H15F2N3/c1-10-5-2-3-8-13(10)21-14(9-20-16(21)19)11-6-4-7-12(17)15(11)18/h2-8,14H,9H2,1H3,(H2,19,20). The Balaban J connectivity index is 2.08. The fourth-order valence-corrected chi connectivity index (χ4v) is 2.64. The van der Waals surface area contributed by atoms with Gasteiger partial charge in [-0.3, -0.25) is 4.99 Å². The summed E-state index contributed by atoms with van der Waals surface area (Å²) in [5.74, 6) is -1.38. The van der Waals surface area contributed by atoms with Gasteiger partial charge in [-0.05, 0) is 24.6 Å². The first-order valence-corrected chi connectivity index (χ1v) is 6.68. The van der Waals surface area contributed by atoms with E-state index >= 15 is 0 Å². The SMILES string of the molecule is Cc1ccccc1N1C(N)=NCC1c1cccc(F)c1F. The number of para-hydroxylation sites is 1. The van der Waals surface area contributed by atoms with Crippen LogP contribution in [0.1, 0.15) is 17.2 Å². The monoisotopic (exact) mass is 287 g/mol. The number of benzene rings is 2. The summed E-state index contributed by atoms with van der Waals surface area (Å²) in [5.41, 5.74) is 8.07. The van der Waals surface area contributed by atoms with E-state index in [2.05, 4.69) is 4.99 Å². The van der Waals surface area contributed by atoms with E-state index in [1.807, 2.05) is 31.2 Å². The molecule has 0 saturated carbocycles. The second-order valence-electron chi connectivity index (χ2n) is 5.01. The Bertz CT molecular complexity index is 712. The highest BCUT2D eigenvalue weighted by Crippen LogP contribution is 2.34. The average Bonchev–Trinajstić information content (AvgIpc) is 2.84. The van der Waals surface area contributed by atoms with Gasteiger partial charge < -0.3 is 10.6 Å². The largest absolute Gasteiger partial charge is 0.369 e. The molecule has 2 aromatic rings. The molecule has 2 N–H and O–H groups in total. The van der Waals surface area contributed by atoms with Gasteiger partial charge in [-0.15, -0.1) is 0 Å². The van der Waals surface area contributed by atoms with Gasteiger partial charge in [0.15, 0.2) is 17.6 Å². The zero-order chi connectivity index (χ0) is 15.0. The van der Waals surface area contributed by atoms with E-state index in [1.165, 1.54) is 6.07 Å². The minimum Gasteiger partial charge on any atom is -0.369 e. The van der Waals surface area contributed by atoms with E-state index in [4.69, 9.17) is 5.73 Å². The van der Waals surface area contributed by atoms with E-state index in [-0.39, 0.29) is 5.56 Å². The van der Waals surface area contributed by atoms with Gasteiger partial charge >= 0.3 is 0 Å². The second kappa shape index (κ2) is 5.16. The molecule has 108 valence electrons. The zero-order valence-corrected chi connectivity index (χ0v) is 11.6. The lowest BCUT2D eigenvalue weighted by Gasteiger charge is -2.28. The molecule has 0 spiro atoms. The molecule has 1 aliphatic heterocycles. The Morgan fingerprint density at radius 1 is 1.14 bits per heavy atom. The third-order valence-corrected chi connectivity index (χ3v) is 3.70. The maximum absolute atomic E-state index is 14.1. The van der Waals surface area contributed by atoms with Gasteiger partial charge in [-0.2, -0.15) is 0 Å². The fourth-order valence-electron chi connectivity index (χ4n) is 2.64. The summed E-state index contributed by atoms with van der Waals surface area (Å²) in [6.07, 6.45) is 0. The molecule has 0 bridgehead atoms. The molecule has 1 heterocycles. The molecular formula is C16H15F2N3. The number of hydrogen-bond acceptors (Lipinski definition) is 3. The molecule has 0 saturated heterocycles. The summed E-state index contributed by atoms with van der Waals surface area (Å²) in [6.45, 7) is 2.25. The molecule has 3 rings (SSSR count). The molecule has 5 heteroatoms. The van der Waals surface area contributed by atoms with Crippen molar-refractivity contribution in [3.63, 3.8) is 0 Å². The molecule has 21 heavy (non-hydrogen) atoms. The number of nitrogens with zero attached hydrogens (tertiary/aromatic N) is 2. The summed E-state index contributed by atoms with van der Waals surface area (Å²) < 4.78 is 27.6. The maximum Gasteiger partial charge on any atom is 0.196 e. The Morgan fingerprint density at radius 3 is 2.67 bits per heavy atom. The van der Waals surface area contributed by atoms with Crippen LogP contribution in [-0.2, 0) is 0 Å². The van der Waals surface area contributed by atoms with Gasteiger partial charge in [0.1, 0.15) is 0 Å². The lowest BCUT2D eigenvalue weighted by atomic mass is 10.0. The van der Waals surface area contributed by atoms with Crippen LogP contribution in [0.2, 0.25) is 0 Å². The van der Waals surface area contributed by atoms with Crippen molar-refractivity contribution < 1.29 is 8.78 Å². The van der Waals surface area contributed by atoms with Crippen LogP contribution in [0.25, 0.3) is 0 Å². The quantitative estimate of drug-likeness (QED) is 0.922. The predicted octanol–water partition coefficient (Wildman–Crippen LogP) is 3.15. The first-order valence-electron chi connectivity index (χ1n) is 6.68. The number of aliphatic imine (C=N–C) groups is 1. The molecule has 0 aromatic heterocycles. The van der Waals surface area contributed by atoms with Crippen LogP contribution in [0.4, 0.5) is 14.5 Å². The molecule has 0 fully saturated rings. The van der Waals surface area contributed by atoms with Gasteiger partial charge in [-0.25, -0.2) is 8.78 Å². The molecule has 0 amide bonds. The van der Waals surface area contributed by atoms with Crippen LogP contribution < -0.4 is 10.6 Å². The third kappa shape index (κ3) is 2.24. The number of rotatable bonds is 2. The Labute approximate surface area is 121 Å². The van der Waals surface area contributed by atoms with E-state index in [0.717, 1.165) is 17.3 Å². The molecular weight excluding hydrogens is 272 g/mol. The number of halogens is 2. The summed E-state index contributed by atoms with van der Waals surface area (Å²) in [6, 6.07) is 11.4. The molecule has 0 aliphatic carbocycles. The number of guanidine groups is 1. The highest BCUT2D eigenvalue weighted by molar-refractivity contribution is 5.98. The van der Waals surface area contributed by atoms with Gasteiger partial charge in [0, 0.05) is 11.3 Å². The normalized spacial score (nSPS) is 18.0. The number of aryl methyl sites for hydroxylation is 1. The van der Waals surface area contributed by atoms with E-state index in [9.17, 15) is 8.78 Å². The summed E-state index contributed by atoms with van der Waals surface area (Å²) >= 11 is 0. The Morgan fingerprint density at radius 2 is 1.90 bits per heavy atom. The molecule has 1 atom stereocenters. The summed E-state index contributed by atoms with van der Waals surface area (Å²) in [4.78, 5) is 5.95. The second-order valence-corrected chi connectivity index (χ2v) is 5.01. The van der Waals surface area contributed by atoms with Crippen molar-refractivity contribution in [2.75, 3.05) is 11.4 Å². The fraction of sp³-hybridized carbons (Fsp3) is 0.188. The number of anilines is 1. The van der Waals surface area contributed by atoms with Crippen molar-refractivity contribution in [1.29, 1.82) is 0 Å². The van der Waals surface area contributed by atoms with Crippen LogP contribution in [-0.4, -0.2) is 12.5 Å². The van der Waals surface area contributed by atoms with E-state index in [1.54, 1.807) is 11.0 Å². The van der Waals surface area contributed by atoms with Crippen LogP contribution >= 0.6 is 0 Å². The molecule has 1 aliphatic rings. The molecule has 0 radical (unpaired) electrons. The minimum absolute atomic E-state index is 0.266. The van der Waals surface area contributed by atoms with Crippen molar-refractivity contribution >= 4 is 11.6 Å². The third-order valence-electron chi connectivity index (χ3n) is 3.70. The van der Waals surface area contributed by atoms with Gasteiger partial charge in [0.05, 0.1) is 12.6 Å². The average molecular weight is 287 g/mol. The van der Waals surface area contributed by atoms with Crippen LogP contribution in [0.3, 0.4) is 0 Å². The van der Waals surface area contributed by atoms with E-state index < -0.39 is 17.7 Å². The van der Waals surface area contributed by atoms with E-state index in [0.29, 0.717) is 12.5 Å². The van der Waals surface area contributed by atoms with Crippen molar-refractivity contribution in [1.82, 2.24) is 0 Å². The first kappa shape index (κ1) is 13.5. The smallest absolute Gasteiger partial charge is 0.196 e. The minimum atomic E-state index is -0.859. The molecule has 2 aromatic carbocycles. The highest BCUT2D eigenvalue weighted by atomic mass is 19.2. The van der Waals surface area contributed by atoms with Gasteiger partial charge in [0.25, 0.3) is 0 Å². The van der Waals surface area contributed by atoms with Gasteiger partial charge in [0.2, 0.25) is 0 Å². The van der Waals surface area contributed by atoms with Crippen molar-refractivity contribution in [3.05, 3.63) is 65.2 Å². The Kier molecular flexibility index (Phi) is 3.33. The van der Waals surface area contributed by atoms with Gasteiger partial charge in [-0.1, -0.05) is 30.3 Å². The van der Waals surface area contributed by atoms with Crippen molar-refractivity contribution in [2.24, 2.45) is 10.7 Å². The lowest BCUT2D eigenvalue weighted by Crippen LogP contribution is -2.37. The molecule has 1 unspecified atom stereocenters. The zero-order valence-electron chi connectivity index (χ0n) is 11.6. The van der Waals surface area contributed by atoms with Crippen LogP contribution in [0.5, 0.6) is 0 Å². The topological polar surface area (TPSA) is 41.6 Å². The highest BCUT2D eigenvalue weighted by Gasteiger charge is 2.32. The number of hydrogen-bond donors (Lipinski definition) is 1. The first-order chi connectivity index (χ1) is 10.1. The van der Waals surface area contributed by atoms with Crippen molar-refractivity contribution in [2.45, 2.75) is 13.0 Å². The van der Waals surface area contributed by atoms with Crippen LogP contribution in [0, 0.1) is 18.6 Å². The molecule has 3 nitrogen and oxygen atoms in total. The Hall–Kier alpha value is -2.43. The maximum atomic E-state index is 14.1. The predicted molar refractivity (Wildman–Crippen MR) is 79.2 cm³/mol. The van der Waals surface area contributed by atoms with Crippen LogP contribution in [0.15, 0.2) is 47.5 Å². The van der Waals surface area contributed by atoms with Crippen molar-refractivity contribution in [3.8, 4) is 0 Å². The summed E-state index contributed by atoms with van der Waals surface area (Å²) in [5, 5.41) is 0.